The van der Waals surface area contributed by atoms with E-state index < -0.39 is 0 Å². The standard InChI is InChI=1S/C13H19N/c1-10-5-3-6-12(9-10)11(2)14-13-7-4-8-13/h3,5-6,9,11,13-14H,4,7-8H2,1-2H3/t11-/m0/s1. The molecular formula is C13H19N. The maximum Gasteiger partial charge on any atom is 0.0294 e. The monoisotopic (exact) mass is 189 g/mol. The van der Waals surface area contributed by atoms with E-state index in [-0.39, 0.29) is 0 Å². The van der Waals surface area contributed by atoms with E-state index in [9.17, 15) is 0 Å². The SMILES string of the molecule is Cc1cccc([C@H](C)NC2CCC2)c1. The Hall–Kier alpha value is -0.820. The second-order valence-corrected chi connectivity index (χ2v) is 4.43. The normalized spacial score (nSPS) is 19.0. The molecule has 2 rings (SSSR count). The van der Waals surface area contributed by atoms with Crippen LogP contribution < -0.4 is 5.32 Å². The highest BCUT2D eigenvalue weighted by Gasteiger charge is 2.19. The molecule has 1 nitrogen and oxygen atoms in total. The molecule has 0 bridgehead atoms. The van der Waals surface area contributed by atoms with Gasteiger partial charge in [0.2, 0.25) is 0 Å². The predicted octanol–water partition coefficient (Wildman–Crippen LogP) is 3.20. The van der Waals surface area contributed by atoms with Crippen molar-refractivity contribution in [2.45, 2.75) is 45.2 Å². The number of nitrogens with one attached hydrogen (secondary N) is 1. The van der Waals surface area contributed by atoms with Gasteiger partial charge in [0.15, 0.2) is 0 Å². The van der Waals surface area contributed by atoms with Crippen molar-refractivity contribution >= 4 is 0 Å². The summed E-state index contributed by atoms with van der Waals surface area (Å²) in [7, 11) is 0. The number of rotatable bonds is 3. The minimum Gasteiger partial charge on any atom is -0.307 e. The molecule has 1 atom stereocenters. The quantitative estimate of drug-likeness (QED) is 0.770. The molecule has 0 saturated heterocycles. The number of benzene rings is 1. The summed E-state index contributed by atoms with van der Waals surface area (Å²) < 4.78 is 0. The van der Waals surface area contributed by atoms with Crippen LogP contribution in [0.15, 0.2) is 24.3 Å². The topological polar surface area (TPSA) is 12.0 Å². The molecule has 0 radical (unpaired) electrons. The van der Waals surface area contributed by atoms with Gasteiger partial charge in [0, 0.05) is 12.1 Å². The first-order valence-corrected chi connectivity index (χ1v) is 5.58. The van der Waals surface area contributed by atoms with Gasteiger partial charge in [-0.05, 0) is 32.3 Å². The zero-order chi connectivity index (χ0) is 9.97. The highest BCUT2D eigenvalue weighted by atomic mass is 15.0. The first kappa shape index (κ1) is 9.72. The Morgan fingerprint density at radius 2 is 2.14 bits per heavy atom. The van der Waals surface area contributed by atoms with Crippen molar-refractivity contribution < 1.29 is 0 Å². The van der Waals surface area contributed by atoms with Crippen LogP contribution >= 0.6 is 0 Å². The van der Waals surface area contributed by atoms with E-state index in [1.165, 1.54) is 30.4 Å². The Kier molecular flexibility index (Phi) is 2.87. The molecule has 0 aromatic heterocycles. The van der Waals surface area contributed by atoms with Crippen molar-refractivity contribution in [1.82, 2.24) is 5.32 Å². The van der Waals surface area contributed by atoms with Gasteiger partial charge < -0.3 is 5.32 Å². The van der Waals surface area contributed by atoms with Crippen molar-refractivity contribution in [3.8, 4) is 0 Å². The Morgan fingerprint density at radius 3 is 2.71 bits per heavy atom. The van der Waals surface area contributed by atoms with Crippen LogP contribution in [-0.2, 0) is 0 Å². The van der Waals surface area contributed by atoms with Gasteiger partial charge in [-0.25, -0.2) is 0 Å². The molecule has 0 spiro atoms. The molecule has 0 amide bonds. The molecule has 76 valence electrons. The van der Waals surface area contributed by atoms with Gasteiger partial charge in [0.05, 0.1) is 0 Å². The molecule has 1 N–H and O–H groups in total. The third-order valence-electron chi connectivity index (χ3n) is 3.13. The summed E-state index contributed by atoms with van der Waals surface area (Å²) in [6.45, 7) is 4.41. The van der Waals surface area contributed by atoms with Crippen molar-refractivity contribution in [2.75, 3.05) is 0 Å². The molecule has 1 aliphatic carbocycles. The molecule has 1 aromatic rings. The highest BCUT2D eigenvalue weighted by Crippen LogP contribution is 2.22. The molecule has 1 saturated carbocycles. The molecule has 0 unspecified atom stereocenters. The van der Waals surface area contributed by atoms with Gasteiger partial charge in [0.25, 0.3) is 0 Å². The summed E-state index contributed by atoms with van der Waals surface area (Å²) in [5, 5.41) is 3.66. The zero-order valence-electron chi connectivity index (χ0n) is 9.09. The summed E-state index contributed by atoms with van der Waals surface area (Å²) in [6, 6.07) is 10.0. The van der Waals surface area contributed by atoms with Crippen LogP contribution in [0.3, 0.4) is 0 Å². The lowest BCUT2D eigenvalue weighted by Crippen LogP contribution is -2.36. The van der Waals surface area contributed by atoms with Gasteiger partial charge >= 0.3 is 0 Å². The molecular weight excluding hydrogens is 170 g/mol. The fraction of sp³-hybridized carbons (Fsp3) is 0.538. The second kappa shape index (κ2) is 4.14. The third kappa shape index (κ3) is 2.16. The number of hydrogen-bond donors (Lipinski definition) is 1. The van der Waals surface area contributed by atoms with Gasteiger partial charge in [0.1, 0.15) is 0 Å². The van der Waals surface area contributed by atoms with Crippen molar-refractivity contribution in [1.29, 1.82) is 0 Å². The average molecular weight is 189 g/mol. The summed E-state index contributed by atoms with van der Waals surface area (Å²) >= 11 is 0. The summed E-state index contributed by atoms with van der Waals surface area (Å²) in [5.41, 5.74) is 2.77. The largest absolute Gasteiger partial charge is 0.307 e. The fourth-order valence-electron chi connectivity index (χ4n) is 1.96. The Labute approximate surface area is 86.5 Å². The maximum absolute atomic E-state index is 3.66. The van der Waals surface area contributed by atoms with Crippen LogP contribution in [0.25, 0.3) is 0 Å². The molecule has 1 aliphatic rings. The number of aryl methyl sites for hydroxylation is 1. The van der Waals surface area contributed by atoms with Crippen molar-refractivity contribution in [2.24, 2.45) is 0 Å². The van der Waals surface area contributed by atoms with E-state index in [2.05, 4.69) is 43.4 Å². The lowest BCUT2D eigenvalue weighted by molar-refractivity contribution is 0.313. The van der Waals surface area contributed by atoms with Crippen molar-refractivity contribution in [3.63, 3.8) is 0 Å². The molecule has 0 heterocycles. The van der Waals surface area contributed by atoms with E-state index >= 15 is 0 Å². The first-order chi connectivity index (χ1) is 6.75. The van der Waals surface area contributed by atoms with E-state index in [0.29, 0.717) is 6.04 Å². The van der Waals surface area contributed by atoms with E-state index in [1.807, 2.05) is 0 Å². The molecule has 14 heavy (non-hydrogen) atoms. The lowest BCUT2D eigenvalue weighted by atomic mass is 9.91. The van der Waals surface area contributed by atoms with Crippen LogP contribution in [0.1, 0.15) is 43.4 Å². The van der Waals surface area contributed by atoms with E-state index in [4.69, 9.17) is 0 Å². The summed E-state index contributed by atoms with van der Waals surface area (Å²) in [6.07, 6.45) is 4.12. The minimum absolute atomic E-state index is 0.500. The predicted molar refractivity (Wildman–Crippen MR) is 60.4 cm³/mol. The molecule has 0 aliphatic heterocycles. The number of hydrogen-bond acceptors (Lipinski definition) is 1. The Balaban J connectivity index is 1.98. The fourth-order valence-corrected chi connectivity index (χ4v) is 1.96. The summed E-state index contributed by atoms with van der Waals surface area (Å²) in [5.74, 6) is 0. The van der Waals surface area contributed by atoms with E-state index in [1.54, 1.807) is 0 Å². The van der Waals surface area contributed by atoms with E-state index in [0.717, 1.165) is 6.04 Å². The van der Waals surface area contributed by atoms with Crippen LogP contribution in [0, 0.1) is 6.92 Å². The zero-order valence-corrected chi connectivity index (χ0v) is 9.09. The van der Waals surface area contributed by atoms with Gasteiger partial charge in [-0.3, -0.25) is 0 Å². The Morgan fingerprint density at radius 1 is 1.36 bits per heavy atom. The summed E-state index contributed by atoms with van der Waals surface area (Å²) in [4.78, 5) is 0. The smallest absolute Gasteiger partial charge is 0.0294 e. The minimum atomic E-state index is 0.500. The van der Waals surface area contributed by atoms with Crippen LogP contribution in [0.5, 0.6) is 0 Å². The first-order valence-electron chi connectivity index (χ1n) is 5.58. The Bertz CT molecular complexity index is 302. The molecule has 1 aromatic carbocycles. The second-order valence-electron chi connectivity index (χ2n) is 4.43. The highest BCUT2D eigenvalue weighted by molar-refractivity contribution is 5.24. The lowest BCUT2D eigenvalue weighted by Gasteiger charge is -2.30. The average Bonchev–Trinajstić information content (AvgIpc) is 2.11. The van der Waals surface area contributed by atoms with Crippen LogP contribution in [0.2, 0.25) is 0 Å². The van der Waals surface area contributed by atoms with Crippen LogP contribution in [-0.4, -0.2) is 6.04 Å². The maximum atomic E-state index is 3.66. The molecule has 1 fully saturated rings. The molecule has 1 heteroatoms. The third-order valence-corrected chi connectivity index (χ3v) is 3.13. The van der Waals surface area contributed by atoms with Crippen LogP contribution in [0.4, 0.5) is 0 Å². The van der Waals surface area contributed by atoms with Gasteiger partial charge in [-0.1, -0.05) is 36.2 Å². The van der Waals surface area contributed by atoms with Crippen molar-refractivity contribution in [3.05, 3.63) is 35.4 Å². The van der Waals surface area contributed by atoms with Gasteiger partial charge in [-0.2, -0.15) is 0 Å². The van der Waals surface area contributed by atoms with Gasteiger partial charge in [-0.15, -0.1) is 0 Å².